The highest BCUT2D eigenvalue weighted by atomic mass is 16.5. The number of anilines is 2. The first-order valence-corrected chi connectivity index (χ1v) is 10.1. The topological polar surface area (TPSA) is 107 Å². The first kappa shape index (κ1) is 21.4. The lowest BCUT2D eigenvalue weighted by atomic mass is 9.97. The summed E-state index contributed by atoms with van der Waals surface area (Å²) in [6.45, 7) is 1.88. The van der Waals surface area contributed by atoms with E-state index in [0.29, 0.717) is 31.7 Å². The number of rotatable bonds is 9. The minimum atomic E-state index is -0.264. The molecule has 8 heteroatoms. The zero-order chi connectivity index (χ0) is 21.3. The molecular formula is C22H28N4O4. The molecule has 160 valence electrons. The third-order valence-corrected chi connectivity index (χ3v) is 5.06. The molecule has 2 heterocycles. The number of aromatic nitrogens is 1. The van der Waals surface area contributed by atoms with Crippen molar-refractivity contribution in [2.24, 2.45) is 11.7 Å². The Morgan fingerprint density at radius 3 is 2.63 bits per heavy atom. The number of hydrogen-bond acceptors (Lipinski definition) is 6. The van der Waals surface area contributed by atoms with E-state index in [9.17, 15) is 9.59 Å². The van der Waals surface area contributed by atoms with Crippen molar-refractivity contribution in [3.8, 4) is 11.5 Å². The molecular weight excluding hydrogens is 384 g/mol. The molecule has 0 bridgehead atoms. The maximum absolute atomic E-state index is 12.1. The molecule has 1 fully saturated rings. The monoisotopic (exact) mass is 412 g/mol. The summed E-state index contributed by atoms with van der Waals surface area (Å²) in [5, 5.41) is 2.85. The normalized spacial score (nSPS) is 16.0. The first-order valence-electron chi connectivity index (χ1n) is 10.1. The number of methoxy groups -OCH3 is 1. The van der Waals surface area contributed by atoms with Gasteiger partial charge in [0, 0.05) is 19.5 Å². The standard InChI is InChI=1S/C22H28N4O4/c1-29-18-7-9-19(10-8-18)30-13-3-5-21(27)25-17-6-11-20(24-14-17)26-12-2-4-16(15-26)22(23)28/h6-11,14,16H,2-5,12-13,15H2,1H3,(H2,23,28)(H,25,27). The number of nitrogens with two attached hydrogens (primary N) is 1. The smallest absolute Gasteiger partial charge is 0.224 e. The molecule has 1 aromatic heterocycles. The molecule has 1 aliphatic rings. The summed E-state index contributed by atoms with van der Waals surface area (Å²) < 4.78 is 10.7. The molecule has 1 unspecified atom stereocenters. The van der Waals surface area contributed by atoms with Crippen LogP contribution in [-0.2, 0) is 9.59 Å². The maximum atomic E-state index is 12.1. The summed E-state index contributed by atoms with van der Waals surface area (Å²) in [7, 11) is 1.62. The number of primary amides is 1. The molecule has 1 aliphatic heterocycles. The summed E-state index contributed by atoms with van der Waals surface area (Å²) >= 11 is 0. The van der Waals surface area contributed by atoms with E-state index in [1.54, 1.807) is 13.3 Å². The number of amides is 2. The maximum Gasteiger partial charge on any atom is 0.224 e. The minimum Gasteiger partial charge on any atom is -0.497 e. The Bertz CT molecular complexity index is 839. The SMILES string of the molecule is COc1ccc(OCCCC(=O)Nc2ccc(N3CCCC(C(N)=O)C3)nc2)cc1. The van der Waals surface area contributed by atoms with E-state index in [2.05, 4.69) is 15.2 Å². The summed E-state index contributed by atoms with van der Waals surface area (Å²) in [5.41, 5.74) is 6.08. The Hall–Kier alpha value is -3.29. The van der Waals surface area contributed by atoms with Gasteiger partial charge in [-0.25, -0.2) is 4.98 Å². The van der Waals surface area contributed by atoms with Crippen molar-refractivity contribution in [3.05, 3.63) is 42.6 Å². The van der Waals surface area contributed by atoms with Gasteiger partial charge < -0.3 is 25.4 Å². The van der Waals surface area contributed by atoms with Crippen molar-refractivity contribution in [1.29, 1.82) is 0 Å². The molecule has 1 atom stereocenters. The van der Waals surface area contributed by atoms with Crippen LogP contribution in [-0.4, -0.2) is 43.6 Å². The van der Waals surface area contributed by atoms with Crippen molar-refractivity contribution < 1.29 is 19.1 Å². The van der Waals surface area contributed by atoms with Gasteiger partial charge in [-0.05, 0) is 55.7 Å². The Morgan fingerprint density at radius 2 is 1.97 bits per heavy atom. The lowest BCUT2D eigenvalue weighted by Crippen LogP contribution is -2.41. The molecule has 0 spiro atoms. The molecule has 30 heavy (non-hydrogen) atoms. The molecule has 1 saturated heterocycles. The molecule has 3 rings (SSSR count). The van der Waals surface area contributed by atoms with Gasteiger partial charge in [0.05, 0.1) is 31.5 Å². The fourth-order valence-electron chi connectivity index (χ4n) is 3.38. The van der Waals surface area contributed by atoms with Crippen LogP contribution in [0.3, 0.4) is 0 Å². The number of carbonyl (C=O) groups is 2. The number of benzene rings is 1. The van der Waals surface area contributed by atoms with Gasteiger partial charge in [0.15, 0.2) is 0 Å². The van der Waals surface area contributed by atoms with E-state index in [1.807, 2.05) is 36.4 Å². The van der Waals surface area contributed by atoms with Gasteiger partial charge in [-0.3, -0.25) is 9.59 Å². The van der Waals surface area contributed by atoms with Crippen LogP contribution in [0.1, 0.15) is 25.7 Å². The van der Waals surface area contributed by atoms with E-state index >= 15 is 0 Å². The number of pyridine rings is 1. The summed E-state index contributed by atoms with van der Waals surface area (Å²) in [6, 6.07) is 11.0. The van der Waals surface area contributed by atoms with Crippen LogP contribution in [0.25, 0.3) is 0 Å². The van der Waals surface area contributed by atoms with Crippen LogP contribution in [0.5, 0.6) is 11.5 Å². The zero-order valence-electron chi connectivity index (χ0n) is 17.2. The first-order chi connectivity index (χ1) is 14.5. The van der Waals surface area contributed by atoms with Crippen LogP contribution in [0.4, 0.5) is 11.5 Å². The van der Waals surface area contributed by atoms with E-state index in [0.717, 1.165) is 36.7 Å². The van der Waals surface area contributed by atoms with Gasteiger partial charge in [-0.1, -0.05) is 0 Å². The molecule has 3 N–H and O–H groups in total. The van der Waals surface area contributed by atoms with E-state index in [1.165, 1.54) is 0 Å². The second-order valence-corrected chi connectivity index (χ2v) is 7.27. The molecule has 0 aliphatic carbocycles. The Morgan fingerprint density at radius 1 is 1.20 bits per heavy atom. The molecule has 0 radical (unpaired) electrons. The number of nitrogens with one attached hydrogen (secondary N) is 1. The number of ether oxygens (including phenoxy) is 2. The third-order valence-electron chi connectivity index (χ3n) is 5.06. The largest absolute Gasteiger partial charge is 0.497 e. The predicted molar refractivity (Wildman–Crippen MR) is 115 cm³/mol. The van der Waals surface area contributed by atoms with Gasteiger partial charge in [0.1, 0.15) is 17.3 Å². The molecule has 2 aromatic rings. The second-order valence-electron chi connectivity index (χ2n) is 7.27. The van der Waals surface area contributed by atoms with E-state index in [4.69, 9.17) is 15.2 Å². The average Bonchev–Trinajstić information content (AvgIpc) is 2.78. The van der Waals surface area contributed by atoms with Crippen LogP contribution < -0.4 is 25.4 Å². The predicted octanol–water partition coefficient (Wildman–Crippen LogP) is 2.59. The van der Waals surface area contributed by atoms with E-state index in [-0.39, 0.29) is 17.7 Å². The molecule has 8 nitrogen and oxygen atoms in total. The fourth-order valence-corrected chi connectivity index (χ4v) is 3.38. The van der Waals surface area contributed by atoms with Crippen LogP contribution >= 0.6 is 0 Å². The lowest BCUT2D eigenvalue weighted by Gasteiger charge is -2.32. The second kappa shape index (κ2) is 10.5. The summed E-state index contributed by atoms with van der Waals surface area (Å²) in [4.78, 5) is 30.1. The van der Waals surface area contributed by atoms with Crippen molar-refractivity contribution in [3.63, 3.8) is 0 Å². The molecule has 1 aromatic carbocycles. The number of nitrogens with zero attached hydrogens (tertiary/aromatic N) is 2. The minimum absolute atomic E-state index is 0.0883. The van der Waals surface area contributed by atoms with Crippen molar-refractivity contribution in [1.82, 2.24) is 4.98 Å². The van der Waals surface area contributed by atoms with Gasteiger partial charge >= 0.3 is 0 Å². The zero-order valence-corrected chi connectivity index (χ0v) is 17.2. The highest BCUT2D eigenvalue weighted by molar-refractivity contribution is 5.90. The highest BCUT2D eigenvalue weighted by Gasteiger charge is 2.24. The number of carbonyl (C=O) groups excluding carboxylic acids is 2. The molecule has 0 saturated carbocycles. The van der Waals surface area contributed by atoms with Gasteiger partial charge in [-0.15, -0.1) is 0 Å². The van der Waals surface area contributed by atoms with Crippen molar-refractivity contribution in [2.45, 2.75) is 25.7 Å². The Labute approximate surface area is 176 Å². The van der Waals surface area contributed by atoms with Crippen LogP contribution in [0.15, 0.2) is 42.6 Å². The summed E-state index contributed by atoms with van der Waals surface area (Å²) in [5.74, 6) is 1.81. The summed E-state index contributed by atoms with van der Waals surface area (Å²) in [6.07, 6.45) is 4.32. The lowest BCUT2D eigenvalue weighted by molar-refractivity contribution is -0.122. The van der Waals surface area contributed by atoms with E-state index < -0.39 is 0 Å². The third kappa shape index (κ3) is 6.10. The number of hydrogen-bond donors (Lipinski definition) is 2. The quantitative estimate of drug-likeness (QED) is 0.613. The molecule has 2 amide bonds. The highest BCUT2D eigenvalue weighted by Crippen LogP contribution is 2.22. The Kier molecular flexibility index (Phi) is 7.48. The van der Waals surface area contributed by atoms with Gasteiger partial charge in [0.25, 0.3) is 0 Å². The van der Waals surface area contributed by atoms with Gasteiger partial charge in [-0.2, -0.15) is 0 Å². The van der Waals surface area contributed by atoms with Gasteiger partial charge in [0.2, 0.25) is 11.8 Å². The Balaban J connectivity index is 1.40. The fraction of sp³-hybridized carbons (Fsp3) is 0.409. The van der Waals surface area contributed by atoms with Crippen molar-refractivity contribution in [2.75, 3.05) is 37.0 Å². The van der Waals surface area contributed by atoms with Crippen LogP contribution in [0, 0.1) is 5.92 Å². The van der Waals surface area contributed by atoms with Crippen molar-refractivity contribution >= 4 is 23.3 Å². The van der Waals surface area contributed by atoms with Crippen LogP contribution in [0.2, 0.25) is 0 Å². The average molecular weight is 412 g/mol. The number of piperidine rings is 1.